The SMILES string of the molecule is Cc1ncsc1-c1ccc(CNC(=O)C2CC(O)CN2C(=O)C(NC(=O)CCCC(=O)N2CCN(CCOc3ccc(/C(=C(/CCCl)c4ccccc4)c4ccccc4)cc3)CC2)C(C)(C)C)cc1. The number of nitrogens with one attached hydrogen (secondary N) is 2. The summed E-state index contributed by atoms with van der Waals surface area (Å²) in [6.45, 7) is 11.7. The number of halogens is 1. The predicted molar refractivity (Wildman–Crippen MR) is 275 cm³/mol. The Morgan fingerprint density at radius 1 is 0.841 bits per heavy atom. The zero-order valence-electron chi connectivity index (χ0n) is 40.2. The van der Waals surface area contributed by atoms with Gasteiger partial charge in [0, 0.05) is 71.0 Å². The minimum atomic E-state index is -0.940. The molecule has 5 aromatic rings. The first-order chi connectivity index (χ1) is 33.3. The van der Waals surface area contributed by atoms with Crippen molar-refractivity contribution in [2.45, 2.75) is 84.5 Å². The maximum atomic E-state index is 14.1. The first-order valence-corrected chi connectivity index (χ1v) is 25.4. The van der Waals surface area contributed by atoms with Crippen molar-refractivity contribution in [2.75, 3.05) is 51.8 Å². The van der Waals surface area contributed by atoms with Crippen molar-refractivity contribution in [3.63, 3.8) is 0 Å². The van der Waals surface area contributed by atoms with Gasteiger partial charge in [0.2, 0.25) is 23.6 Å². The van der Waals surface area contributed by atoms with Gasteiger partial charge < -0.3 is 30.3 Å². The molecule has 0 bridgehead atoms. The monoisotopic (exact) mass is 972 g/mol. The second-order valence-electron chi connectivity index (χ2n) is 18.9. The van der Waals surface area contributed by atoms with E-state index in [-0.39, 0.29) is 50.1 Å². The number of thiazole rings is 1. The Bertz CT molecular complexity index is 2520. The fourth-order valence-electron chi connectivity index (χ4n) is 9.07. The maximum Gasteiger partial charge on any atom is 0.246 e. The summed E-state index contributed by atoms with van der Waals surface area (Å²) in [7, 11) is 0. The number of piperazine rings is 1. The smallest absolute Gasteiger partial charge is 0.246 e. The molecule has 1 aromatic heterocycles. The lowest BCUT2D eigenvalue weighted by Crippen LogP contribution is -2.57. The molecule has 3 atom stereocenters. The molecule has 2 aliphatic heterocycles. The van der Waals surface area contributed by atoms with E-state index in [0.29, 0.717) is 32.0 Å². The van der Waals surface area contributed by atoms with E-state index in [0.717, 1.165) is 75.8 Å². The average Bonchev–Trinajstić information content (AvgIpc) is 3.98. The molecule has 3 N–H and O–H groups in total. The van der Waals surface area contributed by atoms with Crippen LogP contribution in [0.1, 0.15) is 80.8 Å². The molecule has 4 amide bonds. The fraction of sp³-hybridized carbons (Fsp3) is 0.400. The third kappa shape index (κ3) is 13.7. The number of likely N-dealkylation sites (tertiary alicyclic amines) is 1. The van der Waals surface area contributed by atoms with Crippen LogP contribution in [0.25, 0.3) is 21.6 Å². The van der Waals surface area contributed by atoms with Crippen molar-refractivity contribution in [3.05, 3.63) is 143 Å². The Labute approximate surface area is 415 Å². The van der Waals surface area contributed by atoms with Crippen LogP contribution in [-0.2, 0) is 25.7 Å². The van der Waals surface area contributed by atoms with E-state index >= 15 is 0 Å². The highest BCUT2D eigenvalue weighted by Crippen LogP contribution is 2.36. The van der Waals surface area contributed by atoms with Gasteiger partial charge in [0.15, 0.2) is 0 Å². The number of aromatic nitrogens is 1. The number of amides is 4. The number of aryl methyl sites for hydroxylation is 1. The van der Waals surface area contributed by atoms with E-state index in [2.05, 4.69) is 81.2 Å². The van der Waals surface area contributed by atoms with Gasteiger partial charge in [0.1, 0.15) is 24.4 Å². The van der Waals surface area contributed by atoms with Gasteiger partial charge in [-0.3, -0.25) is 24.1 Å². The van der Waals surface area contributed by atoms with Gasteiger partial charge in [-0.15, -0.1) is 22.9 Å². The number of benzene rings is 4. The van der Waals surface area contributed by atoms with Crippen molar-refractivity contribution in [3.8, 4) is 16.2 Å². The van der Waals surface area contributed by atoms with Crippen LogP contribution in [0.15, 0.2) is 115 Å². The highest BCUT2D eigenvalue weighted by Gasteiger charge is 2.44. The van der Waals surface area contributed by atoms with Gasteiger partial charge in [-0.2, -0.15) is 0 Å². The van der Waals surface area contributed by atoms with Crippen LogP contribution in [0, 0.1) is 12.3 Å². The lowest BCUT2D eigenvalue weighted by atomic mass is 9.85. The van der Waals surface area contributed by atoms with Crippen molar-refractivity contribution >= 4 is 57.7 Å². The van der Waals surface area contributed by atoms with Gasteiger partial charge in [0.25, 0.3) is 0 Å². The molecule has 2 fully saturated rings. The summed E-state index contributed by atoms with van der Waals surface area (Å²) in [6.07, 6.45) is 0.594. The highest BCUT2D eigenvalue weighted by atomic mass is 35.5. The van der Waals surface area contributed by atoms with Crippen molar-refractivity contribution in [1.29, 1.82) is 0 Å². The quantitative estimate of drug-likeness (QED) is 0.0555. The van der Waals surface area contributed by atoms with E-state index in [9.17, 15) is 24.3 Å². The summed E-state index contributed by atoms with van der Waals surface area (Å²) in [6, 6.07) is 35.1. The van der Waals surface area contributed by atoms with Crippen LogP contribution in [0.2, 0.25) is 0 Å². The summed E-state index contributed by atoms with van der Waals surface area (Å²) >= 11 is 7.92. The lowest BCUT2D eigenvalue weighted by molar-refractivity contribution is -0.144. The summed E-state index contributed by atoms with van der Waals surface area (Å²) in [5.41, 5.74) is 9.77. The van der Waals surface area contributed by atoms with Crippen molar-refractivity contribution in [2.24, 2.45) is 5.41 Å². The number of rotatable bonds is 19. The van der Waals surface area contributed by atoms with Crippen LogP contribution in [0.3, 0.4) is 0 Å². The third-order valence-electron chi connectivity index (χ3n) is 12.9. The number of hydrogen-bond donors (Lipinski definition) is 3. The van der Waals surface area contributed by atoms with E-state index in [1.165, 1.54) is 10.5 Å². The molecule has 0 radical (unpaired) electrons. The Hall–Kier alpha value is -5.86. The molecule has 69 heavy (non-hydrogen) atoms. The minimum absolute atomic E-state index is 0.00149. The van der Waals surface area contributed by atoms with E-state index in [1.54, 1.807) is 11.3 Å². The molecule has 2 aliphatic rings. The second-order valence-corrected chi connectivity index (χ2v) is 20.2. The Kier molecular flexibility index (Phi) is 17.8. The lowest BCUT2D eigenvalue weighted by Gasteiger charge is -2.35. The van der Waals surface area contributed by atoms with Gasteiger partial charge in [-0.25, -0.2) is 4.98 Å². The number of hydrogen-bond acceptors (Lipinski definition) is 9. The van der Waals surface area contributed by atoms with Crippen LogP contribution in [-0.4, -0.2) is 118 Å². The van der Waals surface area contributed by atoms with Crippen LogP contribution in [0.4, 0.5) is 0 Å². The van der Waals surface area contributed by atoms with Crippen LogP contribution < -0.4 is 15.4 Å². The number of nitrogens with zero attached hydrogens (tertiary/aromatic N) is 4. The molecule has 3 unspecified atom stereocenters. The zero-order chi connectivity index (χ0) is 48.9. The topological polar surface area (TPSA) is 144 Å². The third-order valence-corrected chi connectivity index (χ3v) is 14.0. The van der Waals surface area contributed by atoms with E-state index in [1.807, 2.05) is 86.6 Å². The normalized spacial score (nSPS) is 17.2. The molecule has 12 nitrogen and oxygen atoms in total. The number of alkyl halides is 1. The molecule has 7 rings (SSSR count). The summed E-state index contributed by atoms with van der Waals surface area (Å²) in [5, 5.41) is 16.5. The molecule has 0 aliphatic carbocycles. The molecule has 0 spiro atoms. The molecule has 2 saturated heterocycles. The Morgan fingerprint density at radius 2 is 1.49 bits per heavy atom. The molecule has 14 heteroatoms. The number of allylic oxidation sites excluding steroid dienone is 1. The standard InChI is InChI=1S/C55H65ClN6O6S/c1-38-51(69-37-58-38)43-20-18-39(19-21-43)35-57-53(66)47-34-44(63)36-62(47)54(67)52(55(2,3)4)59-48(64)16-11-17-49(65)61-30-28-60(29-31-61)32-33-68-45-24-22-42(23-25-45)50(41-14-9-6-10-15-41)46(26-27-56)40-12-7-5-8-13-40/h5-10,12-15,18-25,37,44,47,52,63H,11,16-17,26-36H2,1-4H3,(H,57,66)(H,59,64)/b50-46-. The van der Waals surface area contributed by atoms with Gasteiger partial charge >= 0.3 is 0 Å². The highest BCUT2D eigenvalue weighted by molar-refractivity contribution is 7.13. The minimum Gasteiger partial charge on any atom is -0.492 e. The van der Waals surface area contributed by atoms with Crippen LogP contribution >= 0.6 is 22.9 Å². The van der Waals surface area contributed by atoms with E-state index < -0.39 is 29.5 Å². The summed E-state index contributed by atoms with van der Waals surface area (Å²) < 4.78 is 6.19. The van der Waals surface area contributed by atoms with Gasteiger partial charge in [-0.1, -0.05) is 118 Å². The molecule has 3 heterocycles. The van der Waals surface area contributed by atoms with Gasteiger partial charge in [0.05, 0.1) is 22.2 Å². The summed E-state index contributed by atoms with van der Waals surface area (Å²) in [4.78, 5) is 65.1. The molecule has 4 aromatic carbocycles. The zero-order valence-corrected chi connectivity index (χ0v) is 41.7. The first-order valence-electron chi connectivity index (χ1n) is 24.0. The van der Waals surface area contributed by atoms with Gasteiger partial charge in [-0.05, 0) is 76.3 Å². The average molecular weight is 974 g/mol. The molecule has 364 valence electrons. The van der Waals surface area contributed by atoms with Crippen LogP contribution in [0.5, 0.6) is 5.75 Å². The Balaban J connectivity index is 0.835. The molecular formula is C55H65ClN6O6S. The predicted octanol–water partition coefficient (Wildman–Crippen LogP) is 8.21. The number of carbonyl (C=O) groups is 4. The first kappa shape index (κ1) is 51.0. The largest absolute Gasteiger partial charge is 0.492 e. The number of aliphatic hydroxyl groups excluding tert-OH is 1. The number of β-amino-alcohol motifs (C(OH)–C–C–N with tert-alkyl or cyclic N) is 1. The molecule has 0 saturated carbocycles. The number of aliphatic hydroxyl groups is 1. The molecular weight excluding hydrogens is 908 g/mol. The van der Waals surface area contributed by atoms with Crippen molar-refractivity contribution in [1.82, 2.24) is 30.3 Å². The number of ether oxygens (including phenoxy) is 1. The Morgan fingerprint density at radius 3 is 2.12 bits per heavy atom. The summed E-state index contributed by atoms with van der Waals surface area (Å²) in [5.74, 6) is 0.175. The fourth-order valence-corrected chi connectivity index (χ4v) is 10.1. The second kappa shape index (κ2) is 24.1. The maximum absolute atomic E-state index is 14.1. The number of carbonyl (C=O) groups excluding carboxylic acids is 4. The van der Waals surface area contributed by atoms with Crippen molar-refractivity contribution < 1.29 is 29.0 Å². The van der Waals surface area contributed by atoms with E-state index in [4.69, 9.17) is 16.3 Å².